The van der Waals surface area contributed by atoms with E-state index < -0.39 is 11.5 Å². The molecular formula is C30H50O3. The lowest BCUT2D eigenvalue weighted by Crippen LogP contribution is -2.66. The zero-order valence-corrected chi connectivity index (χ0v) is 22.4. The van der Waals surface area contributed by atoms with Crippen LogP contribution in [0.2, 0.25) is 0 Å². The molecule has 0 spiro atoms. The van der Waals surface area contributed by atoms with Gasteiger partial charge in [-0.2, -0.15) is 0 Å². The second-order valence-corrected chi connectivity index (χ2v) is 15.2. The van der Waals surface area contributed by atoms with Gasteiger partial charge in [-0.05, 0) is 97.2 Å². The Balaban J connectivity index is 1.60. The van der Waals surface area contributed by atoms with Crippen molar-refractivity contribution in [1.29, 1.82) is 0 Å². The highest BCUT2D eigenvalue weighted by atomic mass is 16.3. The molecule has 0 saturated heterocycles. The summed E-state index contributed by atoms with van der Waals surface area (Å²) in [7, 11) is 0. The van der Waals surface area contributed by atoms with Crippen LogP contribution in [0.15, 0.2) is 11.6 Å². The van der Waals surface area contributed by atoms with Crippen molar-refractivity contribution in [2.75, 3.05) is 6.61 Å². The molecule has 4 saturated carbocycles. The number of allylic oxidation sites excluding steroid dienone is 2. The molecular weight excluding hydrogens is 408 g/mol. The van der Waals surface area contributed by atoms with Crippen molar-refractivity contribution in [2.24, 2.45) is 50.2 Å². The van der Waals surface area contributed by atoms with E-state index in [0.717, 1.165) is 44.9 Å². The zero-order valence-electron chi connectivity index (χ0n) is 22.4. The lowest BCUT2D eigenvalue weighted by Gasteiger charge is -2.72. The molecule has 10 atom stereocenters. The average molecular weight is 459 g/mol. The van der Waals surface area contributed by atoms with Gasteiger partial charge in [0.05, 0.1) is 18.8 Å². The molecule has 5 aliphatic rings. The minimum Gasteiger partial charge on any atom is -0.396 e. The van der Waals surface area contributed by atoms with Crippen LogP contribution in [0.3, 0.4) is 0 Å². The Bertz CT molecular complexity index is 847. The average Bonchev–Trinajstić information content (AvgIpc) is 2.73. The topological polar surface area (TPSA) is 60.7 Å². The lowest BCUT2D eigenvalue weighted by molar-refractivity contribution is -0.223. The Morgan fingerprint density at radius 3 is 2.15 bits per heavy atom. The van der Waals surface area contributed by atoms with Gasteiger partial charge >= 0.3 is 0 Å². The minimum atomic E-state index is -0.406. The first-order chi connectivity index (χ1) is 15.2. The maximum atomic E-state index is 11.7. The van der Waals surface area contributed by atoms with Crippen molar-refractivity contribution in [2.45, 2.75) is 118 Å². The summed E-state index contributed by atoms with van der Waals surface area (Å²) in [5.41, 5.74) is 1.90. The largest absolute Gasteiger partial charge is 0.396 e. The quantitative estimate of drug-likeness (QED) is 0.415. The Labute approximate surface area is 202 Å². The monoisotopic (exact) mass is 458 g/mol. The number of aliphatic hydroxyl groups excluding tert-OH is 3. The van der Waals surface area contributed by atoms with Crippen molar-refractivity contribution >= 4 is 0 Å². The number of hydrogen-bond acceptors (Lipinski definition) is 3. The highest BCUT2D eigenvalue weighted by Gasteiger charge is 2.69. The van der Waals surface area contributed by atoms with Crippen molar-refractivity contribution in [3.05, 3.63) is 11.6 Å². The number of rotatable bonds is 1. The Morgan fingerprint density at radius 2 is 1.48 bits per heavy atom. The minimum absolute atomic E-state index is 0.00950. The molecule has 0 aromatic carbocycles. The van der Waals surface area contributed by atoms with E-state index in [4.69, 9.17) is 0 Å². The van der Waals surface area contributed by atoms with Gasteiger partial charge in [0.15, 0.2) is 0 Å². The molecule has 3 N–H and O–H groups in total. The van der Waals surface area contributed by atoms with Crippen molar-refractivity contribution in [3.63, 3.8) is 0 Å². The molecule has 0 amide bonds. The van der Waals surface area contributed by atoms with Gasteiger partial charge in [0, 0.05) is 10.8 Å². The second kappa shape index (κ2) is 7.10. The fraction of sp³-hybridized carbons (Fsp3) is 0.933. The number of fused-ring (bicyclic) bond motifs is 7. The molecule has 10 unspecified atom stereocenters. The molecule has 3 heteroatoms. The van der Waals surface area contributed by atoms with Crippen LogP contribution < -0.4 is 0 Å². The van der Waals surface area contributed by atoms with E-state index in [1.54, 1.807) is 5.57 Å². The van der Waals surface area contributed by atoms with Gasteiger partial charge in [0.2, 0.25) is 0 Å². The summed E-state index contributed by atoms with van der Waals surface area (Å²) in [6, 6.07) is 0. The SMILES string of the molecule is CC1(C)CCC2(C)C(O)CC3(C)C(=CCC4C5(C)CCC(O)C(C)(CO)C5CCC43C)C2C1. The van der Waals surface area contributed by atoms with E-state index in [2.05, 4.69) is 54.5 Å². The van der Waals surface area contributed by atoms with E-state index in [-0.39, 0.29) is 34.4 Å². The highest BCUT2D eigenvalue weighted by molar-refractivity contribution is 5.34. The molecule has 5 rings (SSSR count). The molecule has 188 valence electrons. The second-order valence-electron chi connectivity index (χ2n) is 15.2. The van der Waals surface area contributed by atoms with E-state index in [1.807, 2.05) is 0 Å². The first kappa shape index (κ1) is 24.3. The summed E-state index contributed by atoms with van der Waals surface area (Å²) >= 11 is 0. The van der Waals surface area contributed by atoms with Gasteiger partial charge in [0.25, 0.3) is 0 Å². The van der Waals surface area contributed by atoms with Crippen LogP contribution in [0.25, 0.3) is 0 Å². The molecule has 0 bridgehead atoms. The molecule has 3 nitrogen and oxygen atoms in total. The van der Waals surface area contributed by atoms with Gasteiger partial charge < -0.3 is 15.3 Å². The molecule has 0 aliphatic heterocycles. The van der Waals surface area contributed by atoms with Crippen molar-refractivity contribution < 1.29 is 15.3 Å². The van der Waals surface area contributed by atoms with Crippen LogP contribution in [-0.2, 0) is 0 Å². The summed E-state index contributed by atoms with van der Waals surface area (Å²) in [6.07, 6.45) is 11.6. The van der Waals surface area contributed by atoms with Crippen LogP contribution in [0.4, 0.5) is 0 Å². The lowest BCUT2D eigenvalue weighted by atomic mass is 9.33. The third kappa shape index (κ3) is 2.91. The predicted octanol–water partition coefficient (Wildman–Crippen LogP) is 6.11. The van der Waals surface area contributed by atoms with Crippen LogP contribution in [-0.4, -0.2) is 34.1 Å². The van der Waals surface area contributed by atoms with Crippen LogP contribution in [0.5, 0.6) is 0 Å². The summed E-state index contributed by atoms with van der Waals surface area (Å²) < 4.78 is 0. The third-order valence-corrected chi connectivity index (χ3v) is 13.3. The maximum Gasteiger partial charge on any atom is 0.0618 e. The van der Waals surface area contributed by atoms with Gasteiger partial charge in [0.1, 0.15) is 0 Å². The molecule has 0 heterocycles. The van der Waals surface area contributed by atoms with Gasteiger partial charge in [-0.1, -0.05) is 60.1 Å². The summed E-state index contributed by atoms with van der Waals surface area (Å²) in [4.78, 5) is 0. The van der Waals surface area contributed by atoms with Gasteiger partial charge in [-0.25, -0.2) is 0 Å². The highest BCUT2D eigenvalue weighted by Crippen LogP contribution is 2.75. The normalized spacial score (nSPS) is 57.8. The van der Waals surface area contributed by atoms with E-state index in [9.17, 15) is 15.3 Å². The number of hydrogen-bond donors (Lipinski definition) is 3. The van der Waals surface area contributed by atoms with Crippen molar-refractivity contribution in [1.82, 2.24) is 0 Å². The zero-order chi connectivity index (χ0) is 24.2. The Kier molecular flexibility index (Phi) is 5.23. The van der Waals surface area contributed by atoms with E-state index >= 15 is 0 Å². The summed E-state index contributed by atoms with van der Waals surface area (Å²) in [5.74, 6) is 1.36. The first-order valence-electron chi connectivity index (χ1n) is 13.9. The molecule has 4 fully saturated rings. The van der Waals surface area contributed by atoms with Gasteiger partial charge in [-0.3, -0.25) is 0 Å². The molecule has 33 heavy (non-hydrogen) atoms. The van der Waals surface area contributed by atoms with Crippen LogP contribution in [0.1, 0.15) is 106 Å². The summed E-state index contributed by atoms with van der Waals surface area (Å²) in [5, 5.41) is 33.0. The molecule has 0 aromatic rings. The molecule has 5 aliphatic carbocycles. The van der Waals surface area contributed by atoms with Crippen molar-refractivity contribution in [3.8, 4) is 0 Å². The van der Waals surface area contributed by atoms with E-state index in [0.29, 0.717) is 23.2 Å². The standard InChI is InChI=1S/C30H50O3/c1-25(2)14-15-26(3)20(16-25)19-8-9-22-27(4)12-11-23(32)28(5,18-31)21(27)10-13-29(22,6)30(19,7)17-24(26)33/h8,20-24,31-33H,9-18H2,1-7H3. The predicted molar refractivity (Wildman–Crippen MR) is 134 cm³/mol. The van der Waals surface area contributed by atoms with Crippen LogP contribution in [0, 0.1) is 50.2 Å². The van der Waals surface area contributed by atoms with Gasteiger partial charge in [-0.15, -0.1) is 0 Å². The summed E-state index contributed by atoms with van der Waals surface area (Å²) in [6.45, 7) is 17.0. The fourth-order valence-corrected chi connectivity index (χ4v) is 10.6. The van der Waals surface area contributed by atoms with E-state index in [1.165, 1.54) is 12.8 Å². The first-order valence-corrected chi connectivity index (χ1v) is 13.9. The maximum absolute atomic E-state index is 11.7. The number of aliphatic hydroxyl groups is 3. The smallest absolute Gasteiger partial charge is 0.0618 e. The fourth-order valence-electron chi connectivity index (χ4n) is 10.6. The van der Waals surface area contributed by atoms with Crippen LogP contribution >= 0.6 is 0 Å². The molecule has 0 aromatic heterocycles. The molecule has 0 radical (unpaired) electrons. The Morgan fingerprint density at radius 1 is 0.788 bits per heavy atom. The Hall–Kier alpha value is -0.380. The third-order valence-electron chi connectivity index (χ3n) is 13.3.